The van der Waals surface area contributed by atoms with E-state index in [1.54, 1.807) is 0 Å². The number of carbonyl (C=O) groups is 2. The van der Waals surface area contributed by atoms with Gasteiger partial charge < -0.3 is 10.4 Å². The van der Waals surface area contributed by atoms with Crippen molar-refractivity contribution in [3.63, 3.8) is 0 Å². The molecule has 0 fully saturated rings. The highest BCUT2D eigenvalue weighted by Gasteiger charge is 2.25. The number of amides is 1. The maximum atomic E-state index is 13.5. The van der Waals surface area contributed by atoms with E-state index in [1.165, 1.54) is 0 Å². The first kappa shape index (κ1) is 17.1. The number of nitrogens with one attached hydrogen (secondary N) is 1. The van der Waals surface area contributed by atoms with Gasteiger partial charge in [-0.25, -0.2) is 8.78 Å². The molecule has 0 aliphatic rings. The molecule has 0 radical (unpaired) electrons. The van der Waals surface area contributed by atoms with E-state index in [-0.39, 0.29) is 11.8 Å². The molecule has 4 nitrogen and oxygen atoms in total. The number of carboxylic acids is 1. The average Bonchev–Trinajstić information content (AvgIpc) is 2.24. The van der Waals surface area contributed by atoms with Crippen LogP contribution in [-0.4, -0.2) is 23.0 Å². The first-order valence-corrected chi connectivity index (χ1v) is 6.57. The van der Waals surface area contributed by atoms with E-state index in [0.717, 1.165) is 18.2 Å². The summed E-state index contributed by atoms with van der Waals surface area (Å²) in [6.07, 6.45) is 0.0696. The Bertz CT molecular complexity index is 518. The van der Waals surface area contributed by atoms with Crippen LogP contribution in [0.15, 0.2) is 18.2 Å². The minimum absolute atomic E-state index is 0.235. The van der Waals surface area contributed by atoms with Gasteiger partial charge in [-0.1, -0.05) is 26.8 Å². The van der Waals surface area contributed by atoms with Crippen molar-refractivity contribution in [2.75, 3.05) is 0 Å². The van der Waals surface area contributed by atoms with Crippen molar-refractivity contribution < 1.29 is 23.5 Å². The summed E-state index contributed by atoms with van der Waals surface area (Å²) in [4.78, 5) is 22.8. The average molecular weight is 299 g/mol. The summed E-state index contributed by atoms with van der Waals surface area (Å²) >= 11 is 0. The molecule has 2 N–H and O–H groups in total. The Kier molecular flexibility index (Phi) is 5.41. The van der Waals surface area contributed by atoms with Gasteiger partial charge in [-0.15, -0.1) is 0 Å². The molecule has 1 aromatic rings. The molecule has 1 rings (SSSR count). The monoisotopic (exact) mass is 299 g/mol. The normalized spacial score (nSPS) is 12.8. The Labute approximate surface area is 122 Å². The second-order valence-corrected chi connectivity index (χ2v) is 6.13. The van der Waals surface area contributed by atoms with Gasteiger partial charge in [-0.2, -0.15) is 0 Å². The molecular weight excluding hydrogens is 280 g/mol. The van der Waals surface area contributed by atoms with Crippen LogP contribution in [-0.2, 0) is 4.79 Å². The third kappa shape index (κ3) is 5.49. The van der Waals surface area contributed by atoms with Gasteiger partial charge in [0.15, 0.2) is 0 Å². The summed E-state index contributed by atoms with van der Waals surface area (Å²) in [6.45, 7) is 5.66. The molecule has 0 heterocycles. The molecule has 0 aliphatic heterocycles. The van der Waals surface area contributed by atoms with Crippen molar-refractivity contribution in [3.8, 4) is 0 Å². The molecular formula is C15H19F2NO3. The van der Waals surface area contributed by atoms with Gasteiger partial charge >= 0.3 is 5.97 Å². The maximum absolute atomic E-state index is 13.5. The number of carbonyl (C=O) groups excluding carboxylic acids is 1. The maximum Gasteiger partial charge on any atom is 0.305 e. The van der Waals surface area contributed by atoms with Gasteiger partial charge in [-0.3, -0.25) is 9.59 Å². The highest BCUT2D eigenvalue weighted by Crippen LogP contribution is 2.23. The molecule has 0 aromatic heterocycles. The van der Waals surface area contributed by atoms with Crippen LogP contribution in [0.25, 0.3) is 0 Å². The van der Waals surface area contributed by atoms with E-state index in [9.17, 15) is 18.4 Å². The van der Waals surface area contributed by atoms with Gasteiger partial charge in [0.05, 0.1) is 6.42 Å². The zero-order chi connectivity index (χ0) is 16.2. The number of halogens is 2. The second kappa shape index (κ2) is 6.65. The lowest BCUT2D eigenvalue weighted by Crippen LogP contribution is -2.39. The Morgan fingerprint density at radius 1 is 1.24 bits per heavy atom. The summed E-state index contributed by atoms with van der Waals surface area (Å²) in [5.41, 5.74) is -0.928. The largest absolute Gasteiger partial charge is 0.481 e. The van der Waals surface area contributed by atoms with Gasteiger partial charge in [0, 0.05) is 6.04 Å². The Morgan fingerprint density at radius 3 is 2.19 bits per heavy atom. The molecule has 6 heteroatoms. The van der Waals surface area contributed by atoms with Crippen LogP contribution in [0.3, 0.4) is 0 Å². The summed E-state index contributed by atoms with van der Waals surface area (Å²) in [5, 5.41) is 11.3. The molecule has 116 valence electrons. The van der Waals surface area contributed by atoms with Crippen LogP contribution in [0.5, 0.6) is 0 Å². The Balaban J connectivity index is 2.92. The van der Waals surface area contributed by atoms with Gasteiger partial charge in [0.25, 0.3) is 5.91 Å². The molecule has 1 amide bonds. The molecule has 1 unspecified atom stereocenters. The zero-order valence-corrected chi connectivity index (χ0v) is 12.2. The molecule has 0 aliphatic carbocycles. The number of aliphatic carboxylic acids is 1. The molecule has 1 aromatic carbocycles. The summed E-state index contributed by atoms with van der Waals surface area (Å²) in [5.74, 6) is -3.98. The van der Waals surface area contributed by atoms with E-state index in [4.69, 9.17) is 5.11 Å². The molecule has 1 atom stereocenters. The van der Waals surface area contributed by atoms with E-state index >= 15 is 0 Å². The van der Waals surface area contributed by atoms with Crippen LogP contribution in [0.2, 0.25) is 0 Å². The highest BCUT2D eigenvalue weighted by atomic mass is 19.1. The van der Waals surface area contributed by atoms with Gasteiger partial charge in [0.1, 0.15) is 17.2 Å². The van der Waals surface area contributed by atoms with E-state index < -0.39 is 35.1 Å². The van der Waals surface area contributed by atoms with Crippen molar-refractivity contribution in [3.05, 3.63) is 35.4 Å². The number of hydrogen-bond donors (Lipinski definition) is 2. The lowest BCUT2D eigenvalue weighted by molar-refractivity contribution is -0.137. The molecule has 0 bridgehead atoms. The topological polar surface area (TPSA) is 66.4 Å². The Hall–Kier alpha value is -1.98. The number of rotatable bonds is 5. The smallest absolute Gasteiger partial charge is 0.305 e. The number of hydrogen-bond acceptors (Lipinski definition) is 2. The van der Waals surface area contributed by atoms with Crippen molar-refractivity contribution >= 4 is 11.9 Å². The first-order valence-electron chi connectivity index (χ1n) is 6.57. The minimum Gasteiger partial charge on any atom is -0.481 e. The second-order valence-electron chi connectivity index (χ2n) is 6.13. The lowest BCUT2D eigenvalue weighted by Gasteiger charge is -2.26. The zero-order valence-electron chi connectivity index (χ0n) is 12.2. The minimum atomic E-state index is -1.08. The first-order chi connectivity index (χ1) is 9.60. The lowest BCUT2D eigenvalue weighted by atomic mass is 9.87. The van der Waals surface area contributed by atoms with Crippen LogP contribution in [0, 0.1) is 17.0 Å². The van der Waals surface area contributed by atoms with Crippen molar-refractivity contribution in [2.45, 2.75) is 39.7 Å². The van der Waals surface area contributed by atoms with Crippen LogP contribution in [0.4, 0.5) is 8.78 Å². The van der Waals surface area contributed by atoms with Crippen molar-refractivity contribution in [2.24, 2.45) is 5.41 Å². The summed E-state index contributed by atoms with van der Waals surface area (Å²) < 4.78 is 27.1. The fraction of sp³-hybridized carbons (Fsp3) is 0.467. The highest BCUT2D eigenvalue weighted by molar-refractivity contribution is 5.95. The number of carboxylic acid groups (broad SMARTS) is 1. The van der Waals surface area contributed by atoms with Crippen molar-refractivity contribution in [1.29, 1.82) is 0 Å². The molecule has 0 spiro atoms. The van der Waals surface area contributed by atoms with E-state index in [2.05, 4.69) is 5.32 Å². The van der Waals surface area contributed by atoms with Crippen LogP contribution in [0.1, 0.15) is 44.0 Å². The molecule has 21 heavy (non-hydrogen) atoms. The Morgan fingerprint density at radius 2 is 1.76 bits per heavy atom. The predicted molar refractivity (Wildman–Crippen MR) is 73.9 cm³/mol. The standard InChI is InChI=1S/C15H19F2NO3/c1-15(2,3)8-9(7-12(19)20)18-14(21)13-10(16)5-4-6-11(13)17/h4-6,9H,7-8H2,1-3H3,(H,18,21)(H,19,20). The van der Waals surface area contributed by atoms with Crippen molar-refractivity contribution in [1.82, 2.24) is 5.32 Å². The van der Waals surface area contributed by atoms with E-state index in [1.807, 2.05) is 20.8 Å². The van der Waals surface area contributed by atoms with Crippen LogP contribution < -0.4 is 5.32 Å². The van der Waals surface area contributed by atoms with Gasteiger partial charge in [-0.05, 0) is 24.0 Å². The quantitative estimate of drug-likeness (QED) is 0.878. The fourth-order valence-electron chi connectivity index (χ4n) is 2.10. The fourth-order valence-corrected chi connectivity index (χ4v) is 2.10. The number of benzene rings is 1. The molecule has 0 saturated heterocycles. The van der Waals surface area contributed by atoms with Gasteiger partial charge in [0.2, 0.25) is 0 Å². The third-order valence-electron chi connectivity index (χ3n) is 2.80. The third-order valence-corrected chi connectivity index (χ3v) is 2.80. The summed E-state index contributed by atoms with van der Waals surface area (Å²) in [6, 6.07) is 2.42. The van der Waals surface area contributed by atoms with E-state index in [0.29, 0.717) is 6.42 Å². The summed E-state index contributed by atoms with van der Waals surface area (Å²) in [7, 11) is 0. The predicted octanol–water partition coefficient (Wildman–Crippen LogP) is 2.97. The molecule has 0 saturated carbocycles. The SMILES string of the molecule is CC(C)(C)CC(CC(=O)O)NC(=O)c1c(F)cccc1F. The van der Waals surface area contributed by atoms with Crippen LogP contribution >= 0.6 is 0 Å².